The lowest BCUT2D eigenvalue weighted by atomic mass is 10.1. The Hall–Kier alpha value is -2.57. The summed E-state index contributed by atoms with van der Waals surface area (Å²) in [5.41, 5.74) is 0.701. The largest absolute Gasteiger partial charge is 0.480 e. The Morgan fingerprint density at radius 3 is 2.44 bits per heavy atom. The van der Waals surface area contributed by atoms with E-state index in [9.17, 15) is 19.5 Å². The zero-order valence-corrected chi connectivity index (χ0v) is 15.0. The summed E-state index contributed by atoms with van der Waals surface area (Å²) in [6.07, 6.45) is -0.568. The number of piperazine rings is 1. The molecule has 1 aliphatic rings. The van der Waals surface area contributed by atoms with Crippen molar-refractivity contribution >= 4 is 18.0 Å². The third-order valence-corrected chi connectivity index (χ3v) is 3.84. The second-order valence-electron chi connectivity index (χ2n) is 7.15. The number of ether oxygens (including phenoxy) is 1. The van der Waals surface area contributed by atoms with Gasteiger partial charge in [0, 0.05) is 18.7 Å². The number of carbonyl (C=O) groups is 3. The normalized spacial score (nSPS) is 18.0. The van der Waals surface area contributed by atoms with Crippen LogP contribution in [-0.2, 0) is 9.53 Å². The Balaban J connectivity index is 2.16. The Bertz CT molecular complexity index is 680. The van der Waals surface area contributed by atoms with Crippen molar-refractivity contribution in [1.82, 2.24) is 9.80 Å². The van der Waals surface area contributed by atoms with Crippen molar-refractivity contribution in [3.05, 3.63) is 35.4 Å². The fourth-order valence-electron chi connectivity index (χ4n) is 2.67. The molecular weight excluding hydrogens is 324 g/mol. The highest BCUT2D eigenvalue weighted by atomic mass is 16.6. The average Bonchev–Trinajstić information content (AvgIpc) is 2.52. The monoisotopic (exact) mass is 348 g/mol. The first-order valence-electron chi connectivity index (χ1n) is 8.17. The number of aliphatic carboxylic acids is 1. The molecule has 7 nitrogen and oxygen atoms in total. The van der Waals surface area contributed by atoms with Crippen molar-refractivity contribution in [3.8, 4) is 0 Å². The number of carboxylic acid groups (broad SMARTS) is 1. The Morgan fingerprint density at radius 1 is 1.20 bits per heavy atom. The molecule has 2 amide bonds. The maximum absolute atomic E-state index is 12.7. The van der Waals surface area contributed by atoms with Gasteiger partial charge in [0.25, 0.3) is 5.91 Å². The van der Waals surface area contributed by atoms with Gasteiger partial charge in [-0.2, -0.15) is 0 Å². The van der Waals surface area contributed by atoms with Gasteiger partial charge in [0.15, 0.2) is 0 Å². The van der Waals surface area contributed by atoms with E-state index in [1.807, 2.05) is 13.0 Å². The van der Waals surface area contributed by atoms with Crippen LogP contribution in [-0.4, -0.2) is 64.2 Å². The fourth-order valence-corrected chi connectivity index (χ4v) is 2.67. The van der Waals surface area contributed by atoms with E-state index < -0.39 is 23.7 Å². The minimum atomic E-state index is -1.14. The second-order valence-corrected chi connectivity index (χ2v) is 7.15. The first kappa shape index (κ1) is 18.8. The van der Waals surface area contributed by atoms with Crippen molar-refractivity contribution in [2.24, 2.45) is 0 Å². The molecule has 0 aliphatic carbocycles. The van der Waals surface area contributed by atoms with Crippen LogP contribution < -0.4 is 0 Å². The van der Waals surface area contributed by atoms with E-state index in [-0.39, 0.29) is 25.5 Å². The van der Waals surface area contributed by atoms with E-state index in [0.717, 1.165) is 5.56 Å². The lowest BCUT2D eigenvalue weighted by Gasteiger charge is -2.39. The van der Waals surface area contributed by atoms with Crippen LogP contribution in [0.3, 0.4) is 0 Å². The highest BCUT2D eigenvalue weighted by molar-refractivity contribution is 5.97. The predicted molar refractivity (Wildman–Crippen MR) is 91.4 cm³/mol. The van der Waals surface area contributed by atoms with Crippen LogP contribution in [0.15, 0.2) is 24.3 Å². The highest BCUT2D eigenvalue weighted by Gasteiger charge is 2.38. The van der Waals surface area contributed by atoms with Gasteiger partial charge in [0.05, 0.1) is 6.54 Å². The second kappa shape index (κ2) is 7.13. The molecule has 1 aromatic carbocycles. The molecule has 1 heterocycles. The fraction of sp³-hybridized carbons (Fsp3) is 0.500. The number of aryl methyl sites for hydroxylation is 1. The molecule has 1 aliphatic heterocycles. The topological polar surface area (TPSA) is 87.2 Å². The average molecular weight is 348 g/mol. The molecule has 0 aromatic heterocycles. The quantitative estimate of drug-likeness (QED) is 0.885. The van der Waals surface area contributed by atoms with Crippen molar-refractivity contribution in [2.45, 2.75) is 39.3 Å². The summed E-state index contributed by atoms with van der Waals surface area (Å²) < 4.78 is 5.29. The van der Waals surface area contributed by atoms with Gasteiger partial charge in [-0.25, -0.2) is 9.59 Å². The van der Waals surface area contributed by atoms with Gasteiger partial charge in [-0.15, -0.1) is 0 Å². The molecule has 1 N–H and O–H groups in total. The summed E-state index contributed by atoms with van der Waals surface area (Å²) in [4.78, 5) is 39.2. The van der Waals surface area contributed by atoms with Crippen LogP contribution in [0.5, 0.6) is 0 Å². The van der Waals surface area contributed by atoms with Gasteiger partial charge in [-0.3, -0.25) is 4.79 Å². The van der Waals surface area contributed by atoms with E-state index in [2.05, 4.69) is 0 Å². The molecule has 1 atom stereocenters. The minimum absolute atomic E-state index is 0.0954. The molecule has 0 spiro atoms. The molecule has 0 unspecified atom stereocenters. The van der Waals surface area contributed by atoms with Crippen LogP contribution in [0.2, 0.25) is 0 Å². The van der Waals surface area contributed by atoms with Crippen molar-refractivity contribution < 1.29 is 24.2 Å². The smallest absolute Gasteiger partial charge is 0.410 e. The van der Waals surface area contributed by atoms with Crippen molar-refractivity contribution in [3.63, 3.8) is 0 Å². The van der Waals surface area contributed by atoms with E-state index in [4.69, 9.17) is 4.74 Å². The molecule has 25 heavy (non-hydrogen) atoms. The van der Waals surface area contributed by atoms with Gasteiger partial charge in [0.1, 0.15) is 11.6 Å². The van der Waals surface area contributed by atoms with E-state index >= 15 is 0 Å². The molecule has 2 rings (SSSR count). The molecule has 0 bridgehead atoms. The van der Waals surface area contributed by atoms with Crippen molar-refractivity contribution in [1.29, 1.82) is 0 Å². The third-order valence-electron chi connectivity index (χ3n) is 3.84. The summed E-state index contributed by atoms with van der Waals surface area (Å²) in [7, 11) is 0. The van der Waals surface area contributed by atoms with Crippen LogP contribution in [0.1, 0.15) is 36.7 Å². The summed E-state index contributed by atoms with van der Waals surface area (Å²) >= 11 is 0. The summed E-state index contributed by atoms with van der Waals surface area (Å²) in [6.45, 7) is 7.39. The lowest BCUT2D eigenvalue weighted by molar-refractivity contribution is -0.144. The molecule has 0 saturated carbocycles. The number of hydrogen-bond acceptors (Lipinski definition) is 4. The van der Waals surface area contributed by atoms with Crippen LogP contribution in [0.25, 0.3) is 0 Å². The first-order chi connectivity index (χ1) is 11.6. The van der Waals surface area contributed by atoms with Crippen LogP contribution in [0.4, 0.5) is 4.79 Å². The Kier molecular flexibility index (Phi) is 5.35. The predicted octanol–water partition coefficient (Wildman–Crippen LogP) is 2.14. The summed E-state index contributed by atoms with van der Waals surface area (Å²) in [5, 5.41) is 9.52. The molecule has 1 saturated heterocycles. The van der Waals surface area contributed by atoms with Gasteiger partial charge >= 0.3 is 12.1 Å². The maximum atomic E-state index is 12.7. The van der Waals surface area contributed by atoms with Crippen molar-refractivity contribution in [2.75, 3.05) is 19.6 Å². The molecular formula is C18H24N2O5. The summed E-state index contributed by atoms with van der Waals surface area (Å²) in [5.74, 6) is -1.49. The number of carboxylic acids is 1. The minimum Gasteiger partial charge on any atom is -0.480 e. The zero-order chi connectivity index (χ0) is 18.8. The standard InChI is InChI=1S/C18H24N2O5/c1-12-6-5-7-13(10-12)15(21)20-9-8-19(11-14(20)16(22)23)17(24)25-18(2,3)4/h5-7,10,14H,8-9,11H2,1-4H3,(H,22,23)/t14-/m0/s1. The number of carbonyl (C=O) groups excluding carboxylic acids is 2. The number of nitrogens with zero attached hydrogens (tertiary/aromatic N) is 2. The van der Waals surface area contributed by atoms with E-state index in [1.54, 1.807) is 39.0 Å². The van der Waals surface area contributed by atoms with E-state index in [1.165, 1.54) is 9.80 Å². The van der Waals surface area contributed by atoms with E-state index in [0.29, 0.717) is 5.56 Å². The molecule has 1 aromatic rings. The zero-order valence-electron chi connectivity index (χ0n) is 15.0. The Labute approximate surface area is 147 Å². The lowest BCUT2D eigenvalue weighted by Crippen LogP contribution is -2.59. The van der Waals surface area contributed by atoms with Gasteiger partial charge < -0.3 is 19.6 Å². The van der Waals surface area contributed by atoms with Gasteiger partial charge in [0.2, 0.25) is 0 Å². The highest BCUT2D eigenvalue weighted by Crippen LogP contribution is 2.18. The molecule has 7 heteroatoms. The molecule has 1 fully saturated rings. The van der Waals surface area contributed by atoms with Gasteiger partial charge in [-0.1, -0.05) is 17.7 Å². The molecule has 0 radical (unpaired) electrons. The molecule has 136 valence electrons. The first-order valence-corrected chi connectivity index (χ1v) is 8.17. The van der Waals surface area contributed by atoms with Crippen LogP contribution in [0, 0.1) is 6.92 Å². The summed E-state index contributed by atoms with van der Waals surface area (Å²) in [6, 6.07) is 5.91. The number of benzene rings is 1. The Morgan fingerprint density at radius 2 is 1.88 bits per heavy atom. The third kappa shape index (κ3) is 4.71. The number of hydrogen-bond donors (Lipinski definition) is 1. The number of amides is 2. The van der Waals surface area contributed by atoms with Crippen LogP contribution >= 0.6 is 0 Å². The SMILES string of the molecule is Cc1cccc(C(=O)N2CCN(C(=O)OC(C)(C)C)C[C@H]2C(=O)O)c1. The van der Waals surface area contributed by atoms with Gasteiger partial charge in [-0.05, 0) is 39.8 Å². The number of rotatable bonds is 2. The maximum Gasteiger partial charge on any atom is 0.410 e.